The second-order valence-electron chi connectivity index (χ2n) is 6.66. The number of piperazine rings is 1. The molecule has 0 amide bonds. The number of para-hydroxylation sites is 2. The minimum absolute atomic E-state index is 0.168. The number of hydrogen-bond donors (Lipinski definition) is 1. The quantitative estimate of drug-likeness (QED) is 0.743. The summed E-state index contributed by atoms with van der Waals surface area (Å²) in [5, 5.41) is 6.42. The predicted molar refractivity (Wildman–Crippen MR) is 107 cm³/mol. The Bertz CT molecular complexity index is 1090. The molecule has 0 saturated carbocycles. The lowest BCUT2D eigenvalue weighted by atomic mass is 10.1. The van der Waals surface area contributed by atoms with E-state index in [2.05, 4.69) is 19.8 Å². The van der Waals surface area contributed by atoms with E-state index in [9.17, 15) is 8.42 Å². The number of anilines is 2. The van der Waals surface area contributed by atoms with Gasteiger partial charge in [-0.15, -0.1) is 0 Å². The van der Waals surface area contributed by atoms with Gasteiger partial charge < -0.3 is 9.80 Å². The van der Waals surface area contributed by atoms with Crippen molar-refractivity contribution in [3.8, 4) is 0 Å². The normalized spacial score (nSPS) is 15.3. The molecular formula is C19H21N5O2S. The van der Waals surface area contributed by atoms with Crippen LogP contribution in [0.25, 0.3) is 10.9 Å². The Morgan fingerprint density at radius 2 is 1.63 bits per heavy atom. The van der Waals surface area contributed by atoms with Gasteiger partial charge in [0.25, 0.3) is 0 Å². The number of fused-ring (bicyclic) bond motifs is 1. The van der Waals surface area contributed by atoms with Crippen LogP contribution in [-0.2, 0) is 10.0 Å². The zero-order valence-corrected chi connectivity index (χ0v) is 15.9. The number of rotatable bonds is 3. The topological polar surface area (TPSA) is 92.4 Å². The number of primary sulfonamides is 1. The van der Waals surface area contributed by atoms with Gasteiger partial charge in [-0.2, -0.15) is 0 Å². The Labute approximate surface area is 158 Å². The first-order chi connectivity index (χ1) is 12.9. The van der Waals surface area contributed by atoms with Crippen LogP contribution in [0, 0.1) is 6.92 Å². The fourth-order valence-corrected chi connectivity index (χ4v) is 4.35. The van der Waals surface area contributed by atoms with Gasteiger partial charge >= 0.3 is 0 Å². The third-order valence-corrected chi connectivity index (χ3v) is 5.90. The maximum absolute atomic E-state index is 11.9. The van der Waals surface area contributed by atoms with Gasteiger partial charge in [0.15, 0.2) is 0 Å². The van der Waals surface area contributed by atoms with Crippen LogP contribution in [-0.4, -0.2) is 44.6 Å². The summed E-state index contributed by atoms with van der Waals surface area (Å²) in [6.45, 7) is 4.88. The van der Waals surface area contributed by atoms with Gasteiger partial charge in [0.2, 0.25) is 10.0 Å². The maximum Gasteiger partial charge on any atom is 0.240 e. The lowest BCUT2D eigenvalue weighted by Crippen LogP contribution is -2.47. The van der Waals surface area contributed by atoms with Crippen molar-refractivity contribution in [1.82, 2.24) is 9.97 Å². The van der Waals surface area contributed by atoms with Crippen molar-refractivity contribution in [3.63, 3.8) is 0 Å². The summed E-state index contributed by atoms with van der Waals surface area (Å²) in [6.07, 6.45) is 1.60. The van der Waals surface area contributed by atoms with Crippen LogP contribution in [0.2, 0.25) is 0 Å². The molecule has 2 heterocycles. The van der Waals surface area contributed by atoms with Gasteiger partial charge in [-0.1, -0.05) is 24.3 Å². The highest BCUT2D eigenvalue weighted by molar-refractivity contribution is 7.89. The molecule has 1 aliphatic heterocycles. The number of sulfonamides is 1. The van der Waals surface area contributed by atoms with E-state index >= 15 is 0 Å². The van der Waals surface area contributed by atoms with Gasteiger partial charge in [0, 0.05) is 31.6 Å². The average molecular weight is 383 g/mol. The van der Waals surface area contributed by atoms with Crippen molar-refractivity contribution in [2.75, 3.05) is 36.0 Å². The SMILES string of the molecule is Cc1cccc2c(N3CCN(c4ccccc4S(N)(=O)=O)CC3)ncnc12. The predicted octanol–water partition coefficient (Wildman–Crippen LogP) is 1.91. The Kier molecular flexibility index (Phi) is 4.45. The Morgan fingerprint density at radius 3 is 2.37 bits per heavy atom. The summed E-state index contributed by atoms with van der Waals surface area (Å²) in [4.78, 5) is 13.4. The molecule has 0 radical (unpaired) electrons. The number of hydrogen-bond acceptors (Lipinski definition) is 6. The second-order valence-corrected chi connectivity index (χ2v) is 8.19. The largest absolute Gasteiger partial charge is 0.367 e. The van der Waals surface area contributed by atoms with Crippen molar-refractivity contribution < 1.29 is 8.42 Å². The van der Waals surface area contributed by atoms with Crippen molar-refractivity contribution in [2.45, 2.75) is 11.8 Å². The van der Waals surface area contributed by atoms with Crippen LogP contribution >= 0.6 is 0 Å². The molecule has 2 N–H and O–H groups in total. The van der Waals surface area contributed by atoms with E-state index in [1.807, 2.05) is 31.2 Å². The molecule has 3 aromatic rings. The Morgan fingerprint density at radius 1 is 0.926 bits per heavy atom. The van der Waals surface area contributed by atoms with E-state index in [0.717, 1.165) is 35.4 Å². The summed E-state index contributed by atoms with van der Waals surface area (Å²) < 4.78 is 23.8. The number of aromatic nitrogens is 2. The molecule has 8 heteroatoms. The zero-order valence-electron chi connectivity index (χ0n) is 15.0. The van der Waals surface area contributed by atoms with Crippen molar-refractivity contribution in [3.05, 3.63) is 54.4 Å². The molecule has 0 unspecified atom stereocenters. The van der Waals surface area contributed by atoms with Crippen LogP contribution in [0.15, 0.2) is 53.7 Å². The molecule has 0 bridgehead atoms. The average Bonchev–Trinajstić information content (AvgIpc) is 2.67. The molecular weight excluding hydrogens is 362 g/mol. The molecule has 0 atom stereocenters. The van der Waals surface area contributed by atoms with Gasteiger partial charge in [-0.25, -0.2) is 23.5 Å². The third kappa shape index (κ3) is 3.33. The fraction of sp³-hybridized carbons (Fsp3) is 0.263. The van der Waals surface area contributed by atoms with Gasteiger partial charge in [0.05, 0.1) is 11.2 Å². The van der Waals surface area contributed by atoms with Crippen LogP contribution in [0.4, 0.5) is 11.5 Å². The number of aryl methyl sites for hydroxylation is 1. The van der Waals surface area contributed by atoms with E-state index in [4.69, 9.17) is 5.14 Å². The van der Waals surface area contributed by atoms with Crippen molar-refractivity contribution in [2.24, 2.45) is 5.14 Å². The van der Waals surface area contributed by atoms with Crippen molar-refractivity contribution >= 4 is 32.4 Å². The first-order valence-corrected chi connectivity index (χ1v) is 10.3. The molecule has 1 aromatic heterocycles. The lowest BCUT2D eigenvalue weighted by molar-refractivity contribution is 0.595. The minimum Gasteiger partial charge on any atom is -0.367 e. The standard InChI is InChI=1S/C19H21N5O2S/c1-14-5-4-6-15-18(14)21-13-22-19(15)24-11-9-23(10-12-24)16-7-2-3-8-17(16)27(20,25)26/h2-8,13H,9-12H2,1H3,(H2,20,25,26). The summed E-state index contributed by atoms with van der Waals surface area (Å²) in [7, 11) is -3.76. The molecule has 27 heavy (non-hydrogen) atoms. The van der Waals surface area contributed by atoms with E-state index < -0.39 is 10.0 Å². The molecule has 2 aromatic carbocycles. The molecule has 1 fully saturated rings. The summed E-state index contributed by atoms with van der Waals surface area (Å²) in [5.41, 5.74) is 2.74. The van der Waals surface area contributed by atoms with Crippen LogP contribution < -0.4 is 14.9 Å². The number of nitrogens with two attached hydrogens (primary N) is 1. The molecule has 1 saturated heterocycles. The van der Waals surface area contributed by atoms with E-state index in [-0.39, 0.29) is 4.90 Å². The van der Waals surface area contributed by atoms with Crippen LogP contribution in [0.5, 0.6) is 0 Å². The molecule has 7 nitrogen and oxygen atoms in total. The van der Waals surface area contributed by atoms with Crippen LogP contribution in [0.1, 0.15) is 5.56 Å². The molecule has 4 rings (SSSR count). The maximum atomic E-state index is 11.9. The van der Waals surface area contributed by atoms with Crippen LogP contribution in [0.3, 0.4) is 0 Å². The number of benzene rings is 2. The summed E-state index contributed by atoms with van der Waals surface area (Å²) in [6, 6.07) is 13.0. The lowest BCUT2D eigenvalue weighted by Gasteiger charge is -2.37. The van der Waals surface area contributed by atoms with Gasteiger partial charge in [-0.05, 0) is 30.7 Å². The Hall–Kier alpha value is -2.71. The van der Waals surface area contributed by atoms with Gasteiger partial charge in [0.1, 0.15) is 17.0 Å². The molecule has 1 aliphatic rings. The zero-order chi connectivity index (χ0) is 19.0. The van der Waals surface area contributed by atoms with Crippen molar-refractivity contribution in [1.29, 1.82) is 0 Å². The van der Waals surface area contributed by atoms with E-state index in [1.54, 1.807) is 24.5 Å². The van der Waals surface area contributed by atoms with E-state index in [1.165, 1.54) is 0 Å². The number of nitrogens with zero attached hydrogens (tertiary/aromatic N) is 4. The highest BCUT2D eigenvalue weighted by atomic mass is 32.2. The Balaban J connectivity index is 1.60. The first kappa shape index (κ1) is 17.7. The molecule has 140 valence electrons. The van der Waals surface area contributed by atoms with Gasteiger partial charge in [-0.3, -0.25) is 0 Å². The first-order valence-electron chi connectivity index (χ1n) is 8.77. The molecule has 0 spiro atoms. The summed E-state index contributed by atoms with van der Waals surface area (Å²) in [5.74, 6) is 0.920. The smallest absolute Gasteiger partial charge is 0.240 e. The summed E-state index contributed by atoms with van der Waals surface area (Å²) >= 11 is 0. The minimum atomic E-state index is -3.76. The third-order valence-electron chi connectivity index (χ3n) is 4.94. The monoisotopic (exact) mass is 383 g/mol. The highest BCUT2D eigenvalue weighted by Gasteiger charge is 2.24. The fourth-order valence-electron chi connectivity index (χ4n) is 3.59. The van der Waals surface area contributed by atoms with E-state index in [0.29, 0.717) is 18.8 Å². The second kappa shape index (κ2) is 6.79. The molecule has 0 aliphatic carbocycles. The highest BCUT2D eigenvalue weighted by Crippen LogP contribution is 2.28.